The molecule has 92 valence electrons. The van der Waals surface area contributed by atoms with Gasteiger partial charge in [0.15, 0.2) is 0 Å². The van der Waals surface area contributed by atoms with Crippen molar-refractivity contribution in [1.29, 1.82) is 0 Å². The van der Waals surface area contributed by atoms with Gasteiger partial charge in [-0.05, 0) is 6.92 Å². The number of aliphatic hydroxyl groups is 2. The molecule has 16 heavy (non-hydrogen) atoms. The first-order valence-electron chi connectivity index (χ1n) is 5.34. The maximum atomic E-state index is 11.5. The molecular formula is C10H17NO5. The van der Waals surface area contributed by atoms with Crippen molar-refractivity contribution in [2.24, 2.45) is 0 Å². The molecule has 1 saturated heterocycles. The van der Waals surface area contributed by atoms with Gasteiger partial charge in [-0.2, -0.15) is 0 Å². The zero-order chi connectivity index (χ0) is 12.1. The van der Waals surface area contributed by atoms with E-state index in [0.717, 1.165) is 0 Å². The number of amides is 1. The second kappa shape index (κ2) is 5.81. The second-order valence-electron chi connectivity index (χ2n) is 3.74. The summed E-state index contributed by atoms with van der Waals surface area (Å²) < 4.78 is 4.69. The van der Waals surface area contributed by atoms with Crippen molar-refractivity contribution >= 4 is 11.9 Å². The number of rotatable bonds is 4. The van der Waals surface area contributed by atoms with Crippen LogP contribution >= 0.6 is 0 Å². The van der Waals surface area contributed by atoms with E-state index in [1.165, 1.54) is 4.90 Å². The van der Waals surface area contributed by atoms with Gasteiger partial charge in [0.05, 0.1) is 25.2 Å². The Kier molecular flexibility index (Phi) is 4.70. The molecule has 1 rings (SSSR count). The molecule has 1 aliphatic heterocycles. The van der Waals surface area contributed by atoms with E-state index < -0.39 is 18.2 Å². The van der Waals surface area contributed by atoms with Crippen molar-refractivity contribution < 1.29 is 24.5 Å². The standard InChI is InChI=1S/C10H17NO5/c1-2-16-10(15)4-3-9(14)11-5-7(12)8(13)6-11/h7-8,12-13H,2-6H2,1H3/t7-,8+. The summed E-state index contributed by atoms with van der Waals surface area (Å²) in [6.45, 7) is 2.26. The molecule has 0 spiro atoms. The van der Waals surface area contributed by atoms with Crippen molar-refractivity contribution in [2.45, 2.75) is 32.0 Å². The molecule has 0 unspecified atom stereocenters. The lowest BCUT2D eigenvalue weighted by Gasteiger charge is -2.14. The van der Waals surface area contributed by atoms with Gasteiger partial charge >= 0.3 is 5.97 Å². The van der Waals surface area contributed by atoms with Gasteiger partial charge in [-0.1, -0.05) is 0 Å². The number of ether oxygens (including phenoxy) is 1. The van der Waals surface area contributed by atoms with Crippen LogP contribution in [0.15, 0.2) is 0 Å². The minimum Gasteiger partial charge on any atom is -0.466 e. The van der Waals surface area contributed by atoms with Crippen molar-refractivity contribution in [3.8, 4) is 0 Å². The van der Waals surface area contributed by atoms with Crippen LogP contribution in [0.4, 0.5) is 0 Å². The van der Waals surface area contributed by atoms with Crippen LogP contribution in [0, 0.1) is 0 Å². The van der Waals surface area contributed by atoms with E-state index in [4.69, 9.17) is 0 Å². The normalized spacial score (nSPS) is 24.6. The third-order valence-corrected chi connectivity index (χ3v) is 2.46. The molecule has 0 radical (unpaired) electrons. The largest absolute Gasteiger partial charge is 0.466 e. The van der Waals surface area contributed by atoms with Gasteiger partial charge in [-0.25, -0.2) is 0 Å². The Hall–Kier alpha value is -1.14. The summed E-state index contributed by atoms with van der Waals surface area (Å²) >= 11 is 0. The first kappa shape index (κ1) is 12.9. The van der Waals surface area contributed by atoms with Gasteiger partial charge in [0, 0.05) is 19.5 Å². The van der Waals surface area contributed by atoms with Crippen molar-refractivity contribution in [3.05, 3.63) is 0 Å². The van der Waals surface area contributed by atoms with Crippen molar-refractivity contribution in [1.82, 2.24) is 4.90 Å². The molecule has 2 atom stereocenters. The molecule has 1 heterocycles. The van der Waals surface area contributed by atoms with E-state index in [1.54, 1.807) is 6.92 Å². The van der Waals surface area contributed by atoms with Gasteiger partial charge in [0.1, 0.15) is 0 Å². The average molecular weight is 231 g/mol. The smallest absolute Gasteiger partial charge is 0.306 e. The Bertz CT molecular complexity index is 258. The predicted molar refractivity (Wildman–Crippen MR) is 54.5 cm³/mol. The van der Waals surface area contributed by atoms with E-state index in [1.807, 2.05) is 0 Å². The highest BCUT2D eigenvalue weighted by Crippen LogP contribution is 2.12. The third kappa shape index (κ3) is 3.46. The molecule has 2 N–H and O–H groups in total. The predicted octanol–water partition coefficient (Wildman–Crippen LogP) is -1.11. The Morgan fingerprint density at radius 3 is 2.31 bits per heavy atom. The van der Waals surface area contributed by atoms with Crippen LogP contribution in [-0.2, 0) is 14.3 Å². The molecule has 0 aromatic carbocycles. The maximum Gasteiger partial charge on any atom is 0.306 e. The summed E-state index contributed by atoms with van der Waals surface area (Å²) in [4.78, 5) is 23.9. The number of hydrogen-bond donors (Lipinski definition) is 2. The summed E-state index contributed by atoms with van der Waals surface area (Å²) in [7, 11) is 0. The van der Waals surface area contributed by atoms with E-state index in [2.05, 4.69) is 4.74 Å². The summed E-state index contributed by atoms with van der Waals surface area (Å²) in [6, 6.07) is 0. The molecule has 6 heteroatoms. The van der Waals surface area contributed by atoms with Gasteiger partial charge in [0.25, 0.3) is 0 Å². The van der Waals surface area contributed by atoms with E-state index in [9.17, 15) is 19.8 Å². The first-order valence-corrected chi connectivity index (χ1v) is 5.34. The number of nitrogens with zero attached hydrogens (tertiary/aromatic N) is 1. The highest BCUT2D eigenvalue weighted by molar-refractivity contribution is 5.81. The topological polar surface area (TPSA) is 87.1 Å². The number of aliphatic hydroxyl groups excluding tert-OH is 2. The zero-order valence-corrected chi connectivity index (χ0v) is 9.26. The van der Waals surface area contributed by atoms with Crippen LogP contribution in [0.2, 0.25) is 0 Å². The first-order chi connectivity index (χ1) is 7.54. The van der Waals surface area contributed by atoms with Crippen molar-refractivity contribution in [2.75, 3.05) is 19.7 Å². The molecule has 0 bridgehead atoms. The maximum absolute atomic E-state index is 11.5. The number of likely N-dealkylation sites (tertiary alicyclic amines) is 1. The number of carbonyl (C=O) groups excluding carboxylic acids is 2. The fraction of sp³-hybridized carbons (Fsp3) is 0.800. The number of esters is 1. The Balaban J connectivity index is 2.28. The van der Waals surface area contributed by atoms with Gasteiger partial charge in [-0.3, -0.25) is 9.59 Å². The van der Waals surface area contributed by atoms with Crippen LogP contribution in [-0.4, -0.2) is 58.9 Å². The van der Waals surface area contributed by atoms with Gasteiger partial charge < -0.3 is 19.8 Å². The van der Waals surface area contributed by atoms with Gasteiger partial charge in [-0.15, -0.1) is 0 Å². The van der Waals surface area contributed by atoms with Crippen molar-refractivity contribution in [3.63, 3.8) is 0 Å². The molecule has 6 nitrogen and oxygen atoms in total. The Morgan fingerprint density at radius 1 is 1.25 bits per heavy atom. The van der Waals surface area contributed by atoms with E-state index >= 15 is 0 Å². The summed E-state index contributed by atoms with van der Waals surface area (Å²) in [5.41, 5.74) is 0. The summed E-state index contributed by atoms with van der Waals surface area (Å²) in [5, 5.41) is 18.5. The number of hydrogen-bond acceptors (Lipinski definition) is 5. The average Bonchev–Trinajstić information content (AvgIpc) is 2.56. The molecule has 1 aliphatic rings. The highest BCUT2D eigenvalue weighted by Gasteiger charge is 2.32. The van der Waals surface area contributed by atoms with Crippen LogP contribution in [0.5, 0.6) is 0 Å². The monoisotopic (exact) mass is 231 g/mol. The minimum atomic E-state index is -0.883. The molecular weight excluding hydrogens is 214 g/mol. The van der Waals surface area contributed by atoms with Crippen LogP contribution in [0.25, 0.3) is 0 Å². The lowest BCUT2D eigenvalue weighted by molar-refractivity contribution is -0.145. The molecule has 0 aromatic heterocycles. The SMILES string of the molecule is CCOC(=O)CCC(=O)N1C[C@@H](O)[C@@H](O)C1. The fourth-order valence-corrected chi connectivity index (χ4v) is 1.57. The fourth-order valence-electron chi connectivity index (χ4n) is 1.57. The lowest BCUT2D eigenvalue weighted by Crippen LogP contribution is -2.30. The Labute approximate surface area is 93.8 Å². The lowest BCUT2D eigenvalue weighted by atomic mass is 10.3. The van der Waals surface area contributed by atoms with Gasteiger partial charge in [0.2, 0.25) is 5.91 Å². The number of β-amino-alcohol motifs (C(OH)–C–C–N with tert-alkyl or cyclic N) is 2. The highest BCUT2D eigenvalue weighted by atomic mass is 16.5. The molecule has 0 aliphatic carbocycles. The summed E-state index contributed by atoms with van der Waals surface area (Å²) in [6.07, 6.45) is -1.67. The quantitative estimate of drug-likeness (QED) is 0.599. The Morgan fingerprint density at radius 2 is 1.81 bits per heavy atom. The van der Waals surface area contributed by atoms with Crippen LogP contribution in [0.3, 0.4) is 0 Å². The molecule has 0 saturated carbocycles. The number of carbonyl (C=O) groups is 2. The zero-order valence-electron chi connectivity index (χ0n) is 9.26. The van der Waals surface area contributed by atoms with Crippen LogP contribution in [0.1, 0.15) is 19.8 Å². The minimum absolute atomic E-state index is 0.0371. The van der Waals surface area contributed by atoms with Crippen LogP contribution < -0.4 is 0 Å². The second-order valence-corrected chi connectivity index (χ2v) is 3.74. The molecule has 1 amide bonds. The third-order valence-electron chi connectivity index (χ3n) is 2.46. The summed E-state index contributed by atoms with van der Waals surface area (Å²) in [5.74, 6) is -0.653. The molecule has 0 aromatic rings. The van der Waals surface area contributed by atoms with E-state index in [0.29, 0.717) is 6.61 Å². The molecule has 1 fully saturated rings. The van der Waals surface area contributed by atoms with E-state index in [-0.39, 0.29) is 31.8 Å².